The molecule has 1 unspecified atom stereocenters. The van der Waals surface area contributed by atoms with Gasteiger partial charge in [0.25, 0.3) is 5.91 Å². The first kappa shape index (κ1) is 12.0. The molecule has 82 valence electrons. The number of rotatable bonds is 4. The molecule has 0 saturated heterocycles. The molecule has 4 N–H and O–H groups in total. The fraction of sp³-hybridized carbons (Fsp3) is 0.300. The van der Waals surface area contributed by atoms with Crippen LogP contribution < -0.4 is 16.2 Å². The summed E-state index contributed by atoms with van der Waals surface area (Å²) in [5.74, 6) is 0.0729. The highest BCUT2D eigenvalue weighted by Gasteiger charge is 2.09. The third-order valence-corrected chi connectivity index (χ3v) is 2.33. The minimum Gasteiger partial charge on any atom is -0.483 e. The van der Waals surface area contributed by atoms with Crippen LogP contribution in [-0.2, 0) is 4.79 Å². The molecule has 0 aliphatic heterocycles. The van der Waals surface area contributed by atoms with Crippen LogP contribution in [0.15, 0.2) is 22.7 Å². The minimum absolute atomic E-state index is 0.143. The number of carbonyl (C=O) groups excluding carboxylic acids is 1. The zero-order valence-electron chi connectivity index (χ0n) is 8.37. The summed E-state index contributed by atoms with van der Waals surface area (Å²) in [6, 6.07) is 5.34. The van der Waals surface area contributed by atoms with E-state index in [1.807, 2.05) is 19.1 Å². The van der Waals surface area contributed by atoms with Gasteiger partial charge in [0, 0.05) is 16.1 Å². The second-order valence-electron chi connectivity index (χ2n) is 3.23. The van der Waals surface area contributed by atoms with Crippen LogP contribution in [0.5, 0.6) is 5.75 Å². The Balaban J connectivity index is 2.91. The Hall–Kier alpha value is -1.07. The molecule has 0 aromatic heterocycles. The van der Waals surface area contributed by atoms with Gasteiger partial charge in [0.15, 0.2) is 6.61 Å². The first-order valence-electron chi connectivity index (χ1n) is 4.47. The van der Waals surface area contributed by atoms with Crippen LogP contribution in [0.25, 0.3) is 0 Å². The molecule has 0 heterocycles. The molecule has 0 aliphatic carbocycles. The molecular formula is C10H13BrN2O2. The zero-order chi connectivity index (χ0) is 11.4. The number of carbonyl (C=O) groups is 1. The molecule has 1 atom stereocenters. The van der Waals surface area contributed by atoms with Gasteiger partial charge < -0.3 is 16.2 Å². The Bertz CT molecular complexity index is 366. The largest absolute Gasteiger partial charge is 0.483 e. The van der Waals surface area contributed by atoms with Crippen molar-refractivity contribution in [2.24, 2.45) is 11.5 Å². The van der Waals surface area contributed by atoms with Crippen molar-refractivity contribution in [1.82, 2.24) is 0 Å². The number of benzene rings is 1. The van der Waals surface area contributed by atoms with Gasteiger partial charge in [0.2, 0.25) is 0 Å². The SMILES string of the molecule is CC(N)c1ccc(Br)cc1OCC(N)=O. The number of ether oxygens (including phenoxy) is 1. The molecular weight excluding hydrogens is 260 g/mol. The standard InChI is InChI=1S/C10H13BrN2O2/c1-6(12)8-3-2-7(11)4-9(8)15-5-10(13)14/h2-4,6H,5,12H2,1H3,(H2,13,14). The molecule has 0 radical (unpaired) electrons. The van der Waals surface area contributed by atoms with Gasteiger partial charge in [-0.1, -0.05) is 22.0 Å². The Morgan fingerprint density at radius 1 is 1.60 bits per heavy atom. The quantitative estimate of drug-likeness (QED) is 0.868. The van der Waals surface area contributed by atoms with E-state index in [4.69, 9.17) is 16.2 Å². The predicted molar refractivity (Wildman–Crippen MR) is 61.4 cm³/mol. The van der Waals surface area contributed by atoms with Gasteiger partial charge in [-0.05, 0) is 19.1 Å². The maximum atomic E-state index is 10.6. The van der Waals surface area contributed by atoms with Crippen LogP contribution in [0.2, 0.25) is 0 Å². The summed E-state index contributed by atoms with van der Waals surface area (Å²) in [6.07, 6.45) is 0. The van der Waals surface area contributed by atoms with E-state index < -0.39 is 5.91 Å². The van der Waals surface area contributed by atoms with Crippen LogP contribution in [0.4, 0.5) is 0 Å². The first-order chi connectivity index (χ1) is 7.00. The average Bonchev–Trinajstić information content (AvgIpc) is 2.14. The maximum Gasteiger partial charge on any atom is 0.255 e. The summed E-state index contributed by atoms with van der Waals surface area (Å²) in [5, 5.41) is 0. The summed E-state index contributed by atoms with van der Waals surface area (Å²) < 4.78 is 6.12. The third kappa shape index (κ3) is 3.53. The average molecular weight is 273 g/mol. The first-order valence-corrected chi connectivity index (χ1v) is 5.26. The second kappa shape index (κ2) is 5.14. The van der Waals surface area contributed by atoms with Gasteiger partial charge in [0.1, 0.15) is 5.75 Å². The fourth-order valence-electron chi connectivity index (χ4n) is 1.16. The van der Waals surface area contributed by atoms with E-state index in [9.17, 15) is 4.79 Å². The highest BCUT2D eigenvalue weighted by atomic mass is 79.9. The van der Waals surface area contributed by atoms with E-state index in [1.165, 1.54) is 0 Å². The van der Waals surface area contributed by atoms with E-state index in [2.05, 4.69) is 15.9 Å². The smallest absolute Gasteiger partial charge is 0.255 e. The van der Waals surface area contributed by atoms with Crippen molar-refractivity contribution in [3.63, 3.8) is 0 Å². The third-order valence-electron chi connectivity index (χ3n) is 1.84. The van der Waals surface area contributed by atoms with Crippen molar-refractivity contribution in [1.29, 1.82) is 0 Å². The van der Waals surface area contributed by atoms with Crippen molar-refractivity contribution < 1.29 is 9.53 Å². The van der Waals surface area contributed by atoms with E-state index in [0.29, 0.717) is 5.75 Å². The normalized spacial score (nSPS) is 12.2. The monoisotopic (exact) mass is 272 g/mol. The van der Waals surface area contributed by atoms with Crippen molar-refractivity contribution >= 4 is 21.8 Å². The van der Waals surface area contributed by atoms with Crippen LogP contribution >= 0.6 is 15.9 Å². The maximum absolute atomic E-state index is 10.6. The Morgan fingerprint density at radius 2 is 2.27 bits per heavy atom. The minimum atomic E-state index is -0.509. The molecule has 0 saturated carbocycles. The number of hydrogen-bond donors (Lipinski definition) is 2. The van der Waals surface area contributed by atoms with E-state index in [1.54, 1.807) is 6.07 Å². The zero-order valence-corrected chi connectivity index (χ0v) is 9.95. The second-order valence-corrected chi connectivity index (χ2v) is 4.14. The molecule has 5 heteroatoms. The molecule has 0 aliphatic rings. The molecule has 0 spiro atoms. The molecule has 1 amide bonds. The van der Waals surface area contributed by atoms with Crippen molar-refractivity contribution in [3.8, 4) is 5.75 Å². The summed E-state index contributed by atoms with van der Waals surface area (Å²) >= 11 is 3.32. The lowest BCUT2D eigenvalue weighted by molar-refractivity contribution is -0.119. The lowest BCUT2D eigenvalue weighted by atomic mass is 10.1. The lowest BCUT2D eigenvalue weighted by Gasteiger charge is -2.13. The van der Waals surface area contributed by atoms with Crippen LogP contribution in [0, 0.1) is 0 Å². The Labute approximate surface area is 96.7 Å². The summed E-state index contributed by atoms with van der Waals surface area (Å²) in [4.78, 5) is 10.6. The molecule has 1 aromatic rings. The Morgan fingerprint density at radius 3 is 2.80 bits per heavy atom. The van der Waals surface area contributed by atoms with Crippen LogP contribution in [0.3, 0.4) is 0 Å². The lowest BCUT2D eigenvalue weighted by Crippen LogP contribution is -2.21. The van der Waals surface area contributed by atoms with Crippen LogP contribution in [-0.4, -0.2) is 12.5 Å². The van der Waals surface area contributed by atoms with Gasteiger partial charge in [-0.25, -0.2) is 0 Å². The van der Waals surface area contributed by atoms with Crippen molar-refractivity contribution in [3.05, 3.63) is 28.2 Å². The number of halogens is 1. The summed E-state index contributed by atoms with van der Waals surface area (Å²) in [6.45, 7) is 1.70. The van der Waals surface area contributed by atoms with Gasteiger partial charge in [-0.15, -0.1) is 0 Å². The highest BCUT2D eigenvalue weighted by molar-refractivity contribution is 9.10. The van der Waals surface area contributed by atoms with Gasteiger partial charge >= 0.3 is 0 Å². The van der Waals surface area contributed by atoms with Crippen molar-refractivity contribution in [2.75, 3.05) is 6.61 Å². The van der Waals surface area contributed by atoms with E-state index in [-0.39, 0.29) is 12.6 Å². The van der Waals surface area contributed by atoms with Crippen LogP contribution in [0.1, 0.15) is 18.5 Å². The Kier molecular flexibility index (Phi) is 4.11. The summed E-state index contributed by atoms with van der Waals surface area (Å²) in [7, 11) is 0. The molecule has 0 bridgehead atoms. The van der Waals surface area contributed by atoms with Crippen molar-refractivity contribution in [2.45, 2.75) is 13.0 Å². The number of hydrogen-bond acceptors (Lipinski definition) is 3. The van der Waals surface area contributed by atoms with E-state index >= 15 is 0 Å². The fourth-order valence-corrected chi connectivity index (χ4v) is 1.50. The number of primary amides is 1. The number of amides is 1. The van der Waals surface area contributed by atoms with E-state index in [0.717, 1.165) is 10.0 Å². The molecule has 1 rings (SSSR count). The topological polar surface area (TPSA) is 78.3 Å². The van der Waals surface area contributed by atoms with Gasteiger partial charge in [0.05, 0.1) is 0 Å². The predicted octanol–water partition coefficient (Wildman–Crippen LogP) is 1.33. The summed E-state index contributed by atoms with van der Waals surface area (Å²) in [5.41, 5.74) is 11.6. The van der Waals surface area contributed by atoms with Gasteiger partial charge in [-0.3, -0.25) is 4.79 Å². The molecule has 0 fully saturated rings. The number of nitrogens with two attached hydrogens (primary N) is 2. The molecule has 4 nitrogen and oxygen atoms in total. The highest BCUT2D eigenvalue weighted by Crippen LogP contribution is 2.27. The molecule has 15 heavy (non-hydrogen) atoms. The molecule has 1 aromatic carbocycles. The van der Waals surface area contributed by atoms with Gasteiger partial charge in [-0.2, -0.15) is 0 Å².